The van der Waals surface area contributed by atoms with Crippen LogP contribution in [0, 0.1) is 6.92 Å². The second-order valence-corrected chi connectivity index (χ2v) is 3.36. The maximum atomic E-state index is 10.9. The van der Waals surface area contributed by atoms with Gasteiger partial charge in [-0.2, -0.15) is 0 Å². The summed E-state index contributed by atoms with van der Waals surface area (Å²) in [6.45, 7) is 1.86. The molecule has 0 spiro atoms. The van der Waals surface area contributed by atoms with Crippen molar-refractivity contribution < 1.29 is 9.90 Å². The van der Waals surface area contributed by atoms with E-state index in [0.29, 0.717) is 11.1 Å². The maximum absolute atomic E-state index is 10.9. The average molecular weight is 202 g/mol. The molecule has 0 aliphatic carbocycles. The van der Waals surface area contributed by atoms with Crippen molar-refractivity contribution >= 4 is 22.4 Å². The third-order valence-corrected chi connectivity index (χ3v) is 2.34. The van der Waals surface area contributed by atoms with Gasteiger partial charge in [0.15, 0.2) is 5.69 Å². The molecule has 76 valence electrons. The van der Waals surface area contributed by atoms with Crippen molar-refractivity contribution in [3.63, 3.8) is 0 Å². The summed E-state index contributed by atoms with van der Waals surface area (Å²) in [6, 6.07) is 5.20. The van der Waals surface area contributed by atoms with Gasteiger partial charge in [-0.25, -0.2) is 9.78 Å². The van der Waals surface area contributed by atoms with E-state index in [1.807, 2.05) is 6.92 Å². The zero-order valence-corrected chi connectivity index (χ0v) is 8.19. The number of carboxylic acid groups (broad SMARTS) is 1. The monoisotopic (exact) mass is 202 g/mol. The zero-order valence-electron chi connectivity index (χ0n) is 8.19. The molecule has 1 heterocycles. The third-order valence-electron chi connectivity index (χ3n) is 2.34. The fraction of sp³-hybridized carbons (Fsp3) is 0.0909. The number of aromatic carboxylic acids is 1. The van der Waals surface area contributed by atoms with Crippen molar-refractivity contribution in [2.75, 3.05) is 5.73 Å². The highest BCUT2D eigenvalue weighted by molar-refractivity contribution is 6.06. The lowest BCUT2D eigenvalue weighted by Crippen LogP contribution is -2.03. The van der Waals surface area contributed by atoms with Gasteiger partial charge in [0, 0.05) is 22.7 Å². The summed E-state index contributed by atoms with van der Waals surface area (Å²) >= 11 is 0. The molecule has 0 atom stereocenters. The minimum Gasteiger partial charge on any atom is -0.476 e. The van der Waals surface area contributed by atoms with Crippen LogP contribution in [-0.2, 0) is 0 Å². The molecule has 1 aromatic heterocycles. The number of pyridine rings is 1. The van der Waals surface area contributed by atoms with E-state index in [-0.39, 0.29) is 5.69 Å². The molecular formula is C11H10N2O2. The van der Waals surface area contributed by atoms with Gasteiger partial charge < -0.3 is 10.8 Å². The average Bonchev–Trinajstić information content (AvgIpc) is 2.17. The van der Waals surface area contributed by atoms with E-state index < -0.39 is 5.97 Å². The highest BCUT2D eigenvalue weighted by Crippen LogP contribution is 2.25. The number of nitrogen functional groups attached to an aromatic ring is 1. The van der Waals surface area contributed by atoms with Crippen LogP contribution in [0.5, 0.6) is 0 Å². The second-order valence-electron chi connectivity index (χ2n) is 3.36. The smallest absolute Gasteiger partial charge is 0.355 e. The van der Waals surface area contributed by atoms with Crippen LogP contribution < -0.4 is 5.73 Å². The molecule has 4 heteroatoms. The van der Waals surface area contributed by atoms with E-state index in [1.54, 1.807) is 18.2 Å². The van der Waals surface area contributed by atoms with E-state index in [2.05, 4.69) is 4.98 Å². The van der Waals surface area contributed by atoms with Crippen molar-refractivity contribution in [1.82, 2.24) is 4.98 Å². The van der Waals surface area contributed by atoms with Crippen LogP contribution >= 0.6 is 0 Å². The largest absolute Gasteiger partial charge is 0.476 e. The molecular weight excluding hydrogens is 192 g/mol. The predicted molar refractivity (Wildman–Crippen MR) is 57.9 cm³/mol. The number of hydrogen-bond acceptors (Lipinski definition) is 3. The molecule has 3 N–H and O–H groups in total. The van der Waals surface area contributed by atoms with Gasteiger partial charge in [0.05, 0.1) is 0 Å². The molecule has 0 fully saturated rings. The normalized spacial score (nSPS) is 10.5. The highest BCUT2D eigenvalue weighted by Gasteiger charge is 2.12. The van der Waals surface area contributed by atoms with E-state index in [1.165, 1.54) is 6.20 Å². The molecule has 0 aliphatic rings. The summed E-state index contributed by atoms with van der Waals surface area (Å²) in [5.41, 5.74) is 7.31. The number of carbonyl (C=O) groups is 1. The van der Waals surface area contributed by atoms with Gasteiger partial charge in [-0.15, -0.1) is 0 Å². The predicted octanol–water partition coefficient (Wildman–Crippen LogP) is 1.82. The lowest BCUT2D eigenvalue weighted by Gasteiger charge is -2.07. The van der Waals surface area contributed by atoms with E-state index >= 15 is 0 Å². The molecule has 0 saturated carbocycles. The van der Waals surface area contributed by atoms with Crippen LogP contribution in [0.3, 0.4) is 0 Å². The Hall–Kier alpha value is -2.10. The minimum absolute atomic E-state index is 0.0444. The summed E-state index contributed by atoms with van der Waals surface area (Å²) < 4.78 is 0. The quantitative estimate of drug-likeness (QED) is 0.691. The van der Waals surface area contributed by atoms with Crippen molar-refractivity contribution in [2.24, 2.45) is 0 Å². The molecule has 0 bridgehead atoms. The van der Waals surface area contributed by atoms with E-state index in [9.17, 15) is 4.79 Å². The van der Waals surface area contributed by atoms with Crippen molar-refractivity contribution in [2.45, 2.75) is 6.92 Å². The number of aromatic nitrogens is 1. The first kappa shape index (κ1) is 9.45. The standard InChI is InChI=1S/C11H10N2O2/c1-6-5-13-10(11(14)15)7-3-2-4-8(12)9(6)7/h2-5H,12H2,1H3,(H,14,15). The Morgan fingerprint density at radius 3 is 2.87 bits per heavy atom. The first-order valence-corrected chi connectivity index (χ1v) is 4.48. The van der Waals surface area contributed by atoms with Crippen LogP contribution in [0.15, 0.2) is 24.4 Å². The number of aryl methyl sites for hydroxylation is 1. The second kappa shape index (κ2) is 3.24. The van der Waals surface area contributed by atoms with E-state index in [0.717, 1.165) is 10.9 Å². The fourth-order valence-corrected chi connectivity index (χ4v) is 1.67. The van der Waals surface area contributed by atoms with Gasteiger partial charge in [0.25, 0.3) is 0 Å². The number of nitrogens with two attached hydrogens (primary N) is 1. The molecule has 0 unspecified atom stereocenters. The number of hydrogen-bond donors (Lipinski definition) is 2. The van der Waals surface area contributed by atoms with Gasteiger partial charge in [-0.05, 0) is 18.6 Å². The van der Waals surface area contributed by atoms with E-state index in [4.69, 9.17) is 10.8 Å². The van der Waals surface area contributed by atoms with Crippen LogP contribution in [0.4, 0.5) is 5.69 Å². The first-order chi connectivity index (χ1) is 7.11. The Morgan fingerprint density at radius 1 is 1.47 bits per heavy atom. The zero-order chi connectivity index (χ0) is 11.0. The molecule has 4 nitrogen and oxygen atoms in total. The molecule has 2 aromatic rings. The maximum Gasteiger partial charge on any atom is 0.355 e. The Labute approximate surface area is 86.4 Å². The Balaban J connectivity index is 2.95. The number of nitrogens with zero attached hydrogens (tertiary/aromatic N) is 1. The minimum atomic E-state index is -1.04. The van der Waals surface area contributed by atoms with Crippen molar-refractivity contribution in [3.8, 4) is 0 Å². The molecule has 0 aliphatic heterocycles. The lowest BCUT2D eigenvalue weighted by molar-refractivity contribution is 0.0693. The molecule has 0 amide bonds. The Kier molecular flexibility index (Phi) is 2.04. The van der Waals surface area contributed by atoms with Crippen LogP contribution in [-0.4, -0.2) is 16.1 Å². The number of carboxylic acids is 1. The van der Waals surface area contributed by atoms with Crippen LogP contribution in [0.25, 0.3) is 10.8 Å². The van der Waals surface area contributed by atoms with Gasteiger partial charge in [-0.1, -0.05) is 12.1 Å². The van der Waals surface area contributed by atoms with Crippen molar-refractivity contribution in [3.05, 3.63) is 35.7 Å². The van der Waals surface area contributed by atoms with Gasteiger partial charge >= 0.3 is 5.97 Å². The SMILES string of the molecule is Cc1cnc(C(=O)O)c2cccc(N)c12. The fourth-order valence-electron chi connectivity index (χ4n) is 1.67. The number of fused-ring (bicyclic) bond motifs is 1. The number of benzene rings is 1. The molecule has 15 heavy (non-hydrogen) atoms. The highest BCUT2D eigenvalue weighted by atomic mass is 16.4. The Morgan fingerprint density at radius 2 is 2.20 bits per heavy atom. The topological polar surface area (TPSA) is 76.2 Å². The summed E-state index contributed by atoms with van der Waals surface area (Å²) in [4.78, 5) is 14.8. The summed E-state index contributed by atoms with van der Waals surface area (Å²) in [5, 5.41) is 10.3. The van der Waals surface area contributed by atoms with Gasteiger partial charge in [0.1, 0.15) is 0 Å². The van der Waals surface area contributed by atoms with Crippen LogP contribution in [0.2, 0.25) is 0 Å². The number of anilines is 1. The summed E-state index contributed by atoms with van der Waals surface area (Å²) in [5.74, 6) is -1.04. The van der Waals surface area contributed by atoms with Crippen molar-refractivity contribution in [1.29, 1.82) is 0 Å². The van der Waals surface area contributed by atoms with Gasteiger partial charge in [-0.3, -0.25) is 0 Å². The lowest BCUT2D eigenvalue weighted by atomic mass is 10.0. The molecule has 0 saturated heterocycles. The molecule has 0 radical (unpaired) electrons. The summed E-state index contributed by atoms with van der Waals surface area (Å²) in [7, 11) is 0. The molecule has 1 aromatic carbocycles. The number of rotatable bonds is 1. The Bertz CT molecular complexity index is 541. The van der Waals surface area contributed by atoms with Gasteiger partial charge in [0.2, 0.25) is 0 Å². The summed E-state index contributed by atoms with van der Waals surface area (Å²) in [6.07, 6.45) is 1.53. The first-order valence-electron chi connectivity index (χ1n) is 4.48. The van der Waals surface area contributed by atoms with Crippen LogP contribution in [0.1, 0.15) is 16.1 Å². The molecule has 2 rings (SSSR count). The third kappa shape index (κ3) is 1.40.